The molecule has 174 valence electrons. The fourth-order valence-electron chi connectivity index (χ4n) is 3.31. The van der Waals surface area contributed by atoms with Crippen molar-refractivity contribution >= 4 is 63.4 Å². The van der Waals surface area contributed by atoms with Gasteiger partial charge in [0.25, 0.3) is 5.91 Å². The molecule has 0 radical (unpaired) electrons. The number of carbonyl (C=O) groups is 3. The van der Waals surface area contributed by atoms with E-state index in [1.54, 1.807) is 34.6 Å². The molecule has 10 nitrogen and oxygen atoms in total. The molecule has 0 spiro atoms. The highest BCUT2D eigenvalue weighted by atomic mass is 32.2. The number of β-lactam (4-membered cyclic amide) rings is 1. The summed E-state index contributed by atoms with van der Waals surface area (Å²) in [7, 11) is -1.49. The number of allylic oxidation sites excluding steroid dienone is 1. The van der Waals surface area contributed by atoms with E-state index in [9.17, 15) is 23.7 Å². The van der Waals surface area contributed by atoms with Crippen molar-refractivity contribution < 1.29 is 23.7 Å². The third-order valence-electron chi connectivity index (χ3n) is 4.76. The van der Waals surface area contributed by atoms with Gasteiger partial charge in [0.15, 0.2) is 0 Å². The van der Waals surface area contributed by atoms with Gasteiger partial charge in [0, 0.05) is 11.5 Å². The van der Waals surface area contributed by atoms with Crippen LogP contribution in [-0.4, -0.2) is 75.4 Å². The summed E-state index contributed by atoms with van der Waals surface area (Å²) < 4.78 is 14.4. The van der Waals surface area contributed by atoms with Gasteiger partial charge in [0.1, 0.15) is 29.2 Å². The minimum atomic E-state index is -1.49. The highest BCUT2D eigenvalue weighted by Gasteiger charge is 2.54. The van der Waals surface area contributed by atoms with Gasteiger partial charge in [-0.25, -0.2) is 14.5 Å². The summed E-state index contributed by atoms with van der Waals surface area (Å²) in [5.74, 6) is -1.74. The lowest BCUT2D eigenvalue weighted by Crippen LogP contribution is -2.70. The van der Waals surface area contributed by atoms with Gasteiger partial charge in [0.2, 0.25) is 11.1 Å². The number of aliphatic carboxylic acids is 1. The third kappa shape index (κ3) is 5.08. The lowest BCUT2D eigenvalue weighted by atomic mass is 10.0. The van der Waals surface area contributed by atoms with Crippen LogP contribution in [0.2, 0.25) is 0 Å². The molecule has 33 heavy (non-hydrogen) atoms. The van der Waals surface area contributed by atoms with Gasteiger partial charge in [-0.3, -0.25) is 18.7 Å². The van der Waals surface area contributed by atoms with Crippen LogP contribution in [0.15, 0.2) is 57.1 Å². The molecule has 3 unspecified atom stereocenters. The van der Waals surface area contributed by atoms with Crippen molar-refractivity contribution in [3.63, 3.8) is 0 Å². The molecule has 4 rings (SSSR count). The van der Waals surface area contributed by atoms with Crippen LogP contribution >= 0.6 is 34.9 Å². The number of hydrogen-bond donors (Lipinski definition) is 2. The van der Waals surface area contributed by atoms with Gasteiger partial charge >= 0.3 is 5.97 Å². The lowest BCUT2D eigenvalue weighted by Gasteiger charge is -2.49. The Balaban J connectivity index is 1.40. The zero-order valence-corrected chi connectivity index (χ0v) is 20.3. The van der Waals surface area contributed by atoms with Gasteiger partial charge in [0.05, 0.1) is 21.6 Å². The molecule has 0 bridgehead atoms. The number of fused-ring (bicyclic) bond motifs is 1. The van der Waals surface area contributed by atoms with E-state index in [4.69, 9.17) is 0 Å². The Kier molecular flexibility index (Phi) is 7.36. The van der Waals surface area contributed by atoms with Crippen molar-refractivity contribution in [1.82, 2.24) is 25.0 Å². The second kappa shape index (κ2) is 10.2. The molecule has 2 aromatic rings. The molecule has 2 aromatic heterocycles. The first kappa shape index (κ1) is 23.7. The highest BCUT2D eigenvalue weighted by molar-refractivity contribution is 8.01. The van der Waals surface area contributed by atoms with Crippen LogP contribution in [0.1, 0.15) is 0 Å². The van der Waals surface area contributed by atoms with E-state index in [-0.39, 0.29) is 11.4 Å². The molecule has 0 aliphatic carbocycles. The van der Waals surface area contributed by atoms with Crippen LogP contribution in [0.5, 0.6) is 0 Å². The van der Waals surface area contributed by atoms with E-state index >= 15 is 0 Å². The van der Waals surface area contributed by atoms with Gasteiger partial charge < -0.3 is 10.4 Å². The average Bonchev–Trinajstić information content (AvgIpc) is 3.48. The summed E-state index contributed by atoms with van der Waals surface area (Å²) in [6.45, 7) is 4.16. The first-order valence-corrected chi connectivity index (χ1v) is 13.9. The Morgan fingerprint density at radius 1 is 1.45 bits per heavy atom. The predicted octanol–water partition coefficient (Wildman–Crippen LogP) is 1.16. The molecule has 1 saturated heterocycles. The predicted molar refractivity (Wildman–Crippen MR) is 126 cm³/mol. The number of nitrogens with one attached hydrogen (secondary N) is 1. The third-order valence-corrected chi connectivity index (χ3v) is 9.65. The van der Waals surface area contributed by atoms with Crippen LogP contribution in [-0.2, 0) is 31.7 Å². The van der Waals surface area contributed by atoms with Crippen LogP contribution in [0.3, 0.4) is 0 Å². The number of carboxylic acids is 1. The molecule has 1 fully saturated rings. The molecule has 2 amide bonds. The molecule has 3 atom stereocenters. The van der Waals surface area contributed by atoms with Crippen molar-refractivity contribution in [3.05, 3.63) is 47.8 Å². The standard InChI is InChI=1S/C19H19N5O5S4/c1-2-5-23-10-20-19(22-23)32-8-11-7-31-17-14(16(26)24(17)15(11)18(27)28)21-12(25)9-33(29)13-4-3-6-30-13/h2-4,6,10,14,17H,1,5,7-9H2,(H,21,25)(H,27,28). The molecular formula is C19H19N5O5S4. The van der Waals surface area contributed by atoms with Crippen molar-refractivity contribution in [3.8, 4) is 0 Å². The monoisotopic (exact) mass is 525 g/mol. The van der Waals surface area contributed by atoms with E-state index in [0.717, 1.165) is 0 Å². The Bertz CT molecular complexity index is 1150. The zero-order valence-electron chi connectivity index (χ0n) is 17.1. The molecule has 14 heteroatoms. The van der Waals surface area contributed by atoms with Crippen molar-refractivity contribution in [2.75, 3.05) is 17.3 Å². The number of rotatable bonds is 10. The number of nitrogens with zero attached hydrogens (tertiary/aromatic N) is 4. The molecule has 4 heterocycles. The largest absolute Gasteiger partial charge is 0.477 e. The molecule has 0 saturated carbocycles. The lowest BCUT2D eigenvalue weighted by molar-refractivity contribution is -0.150. The van der Waals surface area contributed by atoms with Crippen LogP contribution in [0.4, 0.5) is 0 Å². The molecule has 2 aliphatic rings. The Hall–Kier alpha value is -2.42. The first-order valence-electron chi connectivity index (χ1n) is 9.63. The van der Waals surface area contributed by atoms with Crippen LogP contribution in [0, 0.1) is 0 Å². The SMILES string of the molecule is C=CCn1cnc(SCC2=C(C(=O)O)N3C(=O)C(NC(=O)CS(=O)c4cccs4)C3SC2)n1. The fraction of sp³-hybridized carbons (Fsp3) is 0.316. The van der Waals surface area contributed by atoms with Gasteiger partial charge in [-0.15, -0.1) is 34.8 Å². The number of thioether (sulfide) groups is 2. The van der Waals surface area contributed by atoms with Crippen molar-refractivity contribution in [2.24, 2.45) is 0 Å². The maximum Gasteiger partial charge on any atom is 0.352 e. The Morgan fingerprint density at radius 3 is 2.97 bits per heavy atom. The topological polar surface area (TPSA) is 134 Å². The zero-order chi connectivity index (χ0) is 23.5. The van der Waals surface area contributed by atoms with Crippen LogP contribution < -0.4 is 5.32 Å². The molecule has 0 aromatic carbocycles. The highest BCUT2D eigenvalue weighted by Crippen LogP contribution is 2.41. The number of amides is 2. The minimum absolute atomic E-state index is 0.0607. The Morgan fingerprint density at radius 2 is 2.27 bits per heavy atom. The van der Waals surface area contributed by atoms with Crippen molar-refractivity contribution in [1.29, 1.82) is 0 Å². The second-order valence-corrected chi connectivity index (χ2v) is 11.6. The summed E-state index contributed by atoms with van der Waals surface area (Å²) in [5, 5.41) is 18.4. The van der Waals surface area contributed by atoms with E-state index in [1.807, 2.05) is 0 Å². The number of thiophene rings is 1. The normalized spacial score (nSPS) is 20.7. The smallest absolute Gasteiger partial charge is 0.352 e. The average molecular weight is 526 g/mol. The van der Waals surface area contributed by atoms with E-state index in [1.165, 1.54) is 39.8 Å². The number of aromatic nitrogens is 3. The van der Waals surface area contributed by atoms with E-state index < -0.39 is 40.0 Å². The molecule has 2 N–H and O–H groups in total. The fourth-order valence-corrected chi connectivity index (χ4v) is 7.53. The second-order valence-electron chi connectivity index (χ2n) is 6.96. The van der Waals surface area contributed by atoms with Gasteiger partial charge in [-0.05, 0) is 17.0 Å². The van der Waals surface area contributed by atoms with Crippen LogP contribution in [0.25, 0.3) is 0 Å². The first-order chi connectivity index (χ1) is 15.9. The van der Waals surface area contributed by atoms with Gasteiger partial charge in [-0.2, -0.15) is 0 Å². The summed E-state index contributed by atoms with van der Waals surface area (Å²) in [6, 6.07) is 2.59. The van der Waals surface area contributed by atoms with E-state index in [2.05, 4.69) is 22.0 Å². The Labute approximate surface area is 204 Å². The number of carbonyl (C=O) groups excluding carboxylic acids is 2. The molecular weight excluding hydrogens is 507 g/mol. The maximum atomic E-state index is 12.7. The number of carboxylic acid groups (broad SMARTS) is 1. The van der Waals surface area contributed by atoms with Crippen molar-refractivity contribution in [2.45, 2.75) is 27.3 Å². The molecule has 2 aliphatic heterocycles. The quantitative estimate of drug-likeness (QED) is 0.266. The summed E-state index contributed by atoms with van der Waals surface area (Å²) >= 11 is 3.97. The maximum absolute atomic E-state index is 12.7. The number of hydrogen-bond acceptors (Lipinski definition) is 9. The summed E-state index contributed by atoms with van der Waals surface area (Å²) in [4.78, 5) is 42.4. The minimum Gasteiger partial charge on any atom is -0.477 e. The summed E-state index contributed by atoms with van der Waals surface area (Å²) in [6.07, 6.45) is 3.26. The van der Waals surface area contributed by atoms with E-state index in [0.29, 0.717) is 33.0 Å². The van der Waals surface area contributed by atoms with Gasteiger partial charge in [-0.1, -0.05) is 23.9 Å². The summed E-state index contributed by atoms with van der Waals surface area (Å²) in [5.41, 5.74) is 0.528.